The van der Waals surface area contributed by atoms with Gasteiger partial charge in [0.1, 0.15) is 5.75 Å². The van der Waals surface area contributed by atoms with Gasteiger partial charge in [-0.05, 0) is 18.2 Å². The maximum absolute atomic E-state index is 12.5. The molecule has 2 heterocycles. The molecule has 0 aliphatic carbocycles. The summed E-state index contributed by atoms with van der Waals surface area (Å²) in [5.74, 6) is 0.788. The van der Waals surface area contributed by atoms with E-state index in [-0.39, 0.29) is 12.1 Å². The van der Waals surface area contributed by atoms with Crippen molar-refractivity contribution in [3.8, 4) is 5.75 Å². The van der Waals surface area contributed by atoms with E-state index in [9.17, 15) is 9.59 Å². The summed E-state index contributed by atoms with van der Waals surface area (Å²) in [6.45, 7) is 0.545. The molecule has 0 fully saturated rings. The number of ether oxygens (including phenoxy) is 2. The highest BCUT2D eigenvalue weighted by Gasteiger charge is 2.23. The van der Waals surface area contributed by atoms with Crippen molar-refractivity contribution >= 4 is 28.7 Å². The Hall–Kier alpha value is -3.55. The minimum absolute atomic E-state index is 0.132. The molecule has 8 nitrogen and oxygen atoms in total. The van der Waals surface area contributed by atoms with Crippen LogP contribution in [0.5, 0.6) is 5.75 Å². The molecule has 0 saturated carbocycles. The van der Waals surface area contributed by atoms with E-state index in [4.69, 9.17) is 9.47 Å². The highest BCUT2D eigenvalue weighted by molar-refractivity contribution is 6.02. The van der Waals surface area contributed by atoms with Gasteiger partial charge >= 0.3 is 12.1 Å². The maximum atomic E-state index is 12.5. The number of nitrogens with one attached hydrogen (secondary N) is 2. The second-order valence-electron chi connectivity index (χ2n) is 6.09. The quantitative estimate of drug-likeness (QED) is 0.726. The van der Waals surface area contributed by atoms with Crippen molar-refractivity contribution in [3.63, 3.8) is 0 Å². The first kappa shape index (κ1) is 16.9. The zero-order chi connectivity index (χ0) is 18.8. The molecule has 138 valence electrons. The fourth-order valence-electron chi connectivity index (χ4n) is 3.20. The number of hydrogen-bond acceptors (Lipinski definition) is 5. The van der Waals surface area contributed by atoms with Crippen molar-refractivity contribution in [2.75, 3.05) is 19.0 Å². The molecular formula is C19H18N4O4. The number of amides is 2. The monoisotopic (exact) mass is 366 g/mol. The predicted octanol–water partition coefficient (Wildman–Crippen LogP) is 3.30. The zero-order valence-electron chi connectivity index (χ0n) is 14.6. The van der Waals surface area contributed by atoms with E-state index in [1.54, 1.807) is 18.2 Å². The molecular weight excluding hydrogens is 348 g/mol. The van der Waals surface area contributed by atoms with Crippen LogP contribution in [0.15, 0.2) is 48.7 Å². The first-order valence-electron chi connectivity index (χ1n) is 8.51. The smallest absolute Gasteiger partial charge is 0.434 e. The molecule has 27 heavy (non-hydrogen) atoms. The van der Waals surface area contributed by atoms with Gasteiger partial charge in [0.25, 0.3) is 0 Å². The van der Waals surface area contributed by atoms with E-state index in [0.29, 0.717) is 29.6 Å². The average molecular weight is 366 g/mol. The third-order valence-corrected chi connectivity index (χ3v) is 4.47. The SMILES string of the molecule is COC(=O)n1ncc2c(NC(=O)NC3CCOc4ccccc43)cccc21. The Kier molecular flexibility index (Phi) is 4.37. The molecule has 2 amide bonds. The summed E-state index contributed by atoms with van der Waals surface area (Å²) in [7, 11) is 1.29. The average Bonchev–Trinajstić information content (AvgIpc) is 3.13. The molecule has 4 rings (SSSR count). The van der Waals surface area contributed by atoms with Gasteiger partial charge in [0.15, 0.2) is 0 Å². The van der Waals surface area contributed by atoms with Gasteiger partial charge < -0.3 is 20.1 Å². The second kappa shape index (κ2) is 6.99. The number of anilines is 1. The number of para-hydroxylation sites is 1. The molecule has 0 radical (unpaired) electrons. The van der Waals surface area contributed by atoms with Gasteiger partial charge in [-0.15, -0.1) is 0 Å². The van der Waals surface area contributed by atoms with Gasteiger partial charge in [-0.25, -0.2) is 9.59 Å². The normalized spacial score (nSPS) is 15.5. The Balaban J connectivity index is 1.54. The third-order valence-electron chi connectivity index (χ3n) is 4.47. The molecule has 1 aliphatic rings. The predicted molar refractivity (Wildman–Crippen MR) is 99.0 cm³/mol. The number of benzene rings is 2. The van der Waals surface area contributed by atoms with E-state index >= 15 is 0 Å². The number of urea groups is 1. The summed E-state index contributed by atoms with van der Waals surface area (Å²) in [6.07, 6.45) is 1.62. The molecule has 2 aromatic carbocycles. The molecule has 1 aliphatic heterocycles. The molecule has 0 bridgehead atoms. The summed E-state index contributed by atoms with van der Waals surface area (Å²) in [5.41, 5.74) is 2.06. The van der Waals surface area contributed by atoms with Crippen LogP contribution in [-0.4, -0.2) is 35.6 Å². The zero-order valence-corrected chi connectivity index (χ0v) is 14.6. The van der Waals surface area contributed by atoms with Gasteiger partial charge in [-0.2, -0.15) is 9.78 Å². The Morgan fingerprint density at radius 1 is 1.22 bits per heavy atom. The van der Waals surface area contributed by atoms with Crippen molar-refractivity contribution in [1.29, 1.82) is 0 Å². The molecule has 1 aromatic heterocycles. The Morgan fingerprint density at radius 2 is 2.07 bits per heavy atom. The van der Waals surface area contributed by atoms with Crippen LogP contribution < -0.4 is 15.4 Å². The van der Waals surface area contributed by atoms with Crippen LogP contribution in [0.3, 0.4) is 0 Å². The van der Waals surface area contributed by atoms with Crippen LogP contribution in [0.25, 0.3) is 10.9 Å². The van der Waals surface area contributed by atoms with Crippen LogP contribution in [-0.2, 0) is 4.74 Å². The number of methoxy groups -OCH3 is 1. The first-order chi connectivity index (χ1) is 13.2. The standard InChI is InChI=1S/C19H18N4O4/c1-26-19(25)23-16-7-4-6-14(13(16)11-20-23)21-18(24)22-15-9-10-27-17-8-3-2-5-12(15)17/h2-8,11,15H,9-10H2,1H3,(H2,21,22,24). The molecule has 1 atom stereocenters. The van der Waals surface area contributed by atoms with Crippen molar-refractivity contribution in [2.24, 2.45) is 0 Å². The van der Waals surface area contributed by atoms with Crippen molar-refractivity contribution in [1.82, 2.24) is 15.1 Å². The van der Waals surface area contributed by atoms with Crippen LogP contribution in [0.2, 0.25) is 0 Å². The fourth-order valence-corrected chi connectivity index (χ4v) is 3.20. The highest BCUT2D eigenvalue weighted by atomic mass is 16.5. The molecule has 3 aromatic rings. The van der Waals surface area contributed by atoms with Crippen LogP contribution in [0.4, 0.5) is 15.3 Å². The van der Waals surface area contributed by atoms with E-state index < -0.39 is 6.09 Å². The van der Waals surface area contributed by atoms with Crippen molar-refractivity contribution in [3.05, 3.63) is 54.2 Å². The Labute approximate surface area is 155 Å². The summed E-state index contributed by atoms with van der Waals surface area (Å²) in [4.78, 5) is 24.3. The lowest BCUT2D eigenvalue weighted by molar-refractivity contribution is 0.170. The van der Waals surface area contributed by atoms with Crippen molar-refractivity contribution < 1.29 is 19.1 Å². The topological polar surface area (TPSA) is 94.5 Å². The van der Waals surface area contributed by atoms with E-state index in [1.807, 2.05) is 24.3 Å². The lowest BCUT2D eigenvalue weighted by Crippen LogP contribution is -2.35. The highest BCUT2D eigenvalue weighted by Crippen LogP contribution is 2.31. The number of carbonyl (C=O) groups excluding carboxylic acids is 2. The van der Waals surface area contributed by atoms with Gasteiger partial charge in [-0.1, -0.05) is 24.3 Å². The van der Waals surface area contributed by atoms with Crippen molar-refractivity contribution in [2.45, 2.75) is 12.5 Å². The Bertz CT molecular complexity index is 1010. The number of aromatic nitrogens is 2. The summed E-state index contributed by atoms with van der Waals surface area (Å²) >= 11 is 0. The maximum Gasteiger partial charge on any atom is 0.434 e. The van der Waals surface area contributed by atoms with Crippen LogP contribution >= 0.6 is 0 Å². The van der Waals surface area contributed by atoms with Gasteiger partial charge in [0, 0.05) is 17.4 Å². The number of carbonyl (C=O) groups is 2. The Morgan fingerprint density at radius 3 is 2.93 bits per heavy atom. The number of fused-ring (bicyclic) bond motifs is 2. The second-order valence-corrected chi connectivity index (χ2v) is 6.09. The summed E-state index contributed by atoms with van der Waals surface area (Å²) in [5, 5.41) is 10.5. The van der Waals surface area contributed by atoms with E-state index in [1.165, 1.54) is 13.3 Å². The van der Waals surface area contributed by atoms with Gasteiger partial charge in [-0.3, -0.25) is 0 Å². The third kappa shape index (κ3) is 3.17. The fraction of sp³-hybridized carbons (Fsp3) is 0.211. The molecule has 1 unspecified atom stereocenters. The minimum atomic E-state index is -0.592. The molecule has 2 N–H and O–H groups in total. The largest absolute Gasteiger partial charge is 0.493 e. The lowest BCUT2D eigenvalue weighted by Gasteiger charge is -2.26. The molecule has 0 saturated heterocycles. The minimum Gasteiger partial charge on any atom is -0.493 e. The molecule has 0 spiro atoms. The number of rotatable bonds is 2. The lowest BCUT2D eigenvalue weighted by atomic mass is 10.0. The first-order valence-corrected chi connectivity index (χ1v) is 8.51. The summed E-state index contributed by atoms with van der Waals surface area (Å²) in [6, 6.07) is 12.4. The number of nitrogens with zero attached hydrogens (tertiary/aromatic N) is 2. The van der Waals surface area contributed by atoms with E-state index in [2.05, 4.69) is 15.7 Å². The van der Waals surface area contributed by atoms with Gasteiger partial charge in [0.05, 0.1) is 37.2 Å². The van der Waals surface area contributed by atoms with Crippen LogP contribution in [0, 0.1) is 0 Å². The van der Waals surface area contributed by atoms with E-state index in [0.717, 1.165) is 16.0 Å². The summed E-state index contributed by atoms with van der Waals surface area (Å²) < 4.78 is 11.5. The van der Waals surface area contributed by atoms with Crippen LogP contribution in [0.1, 0.15) is 18.0 Å². The number of hydrogen-bond donors (Lipinski definition) is 2. The van der Waals surface area contributed by atoms with Gasteiger partial charge in [0.2, 0.25) is 0 Å². The molecule has 8 heteroatoms.